The molecular formula is C18H19BrN2O5. The summed E-state index contributed by atoms with van der Waals surface area (Å²) in [6, 6.07) is 10.1. The van der Waals surface area contributed by atoms with Crippen molar-refractivity contribution in [2.45, 2.75) is 6.42 Å². The van der Waals surface area contributed by atoms with Crippen LogP contribution in [0.4, 0.5) is 0 Å². The van der Waals surface area contributed by atoms with E-state index < -0.39 is 11.8 Å². The van der Waals surface area contributed by atoms with Crippen LogP contribution in [-0.2, 0) is 4.79 Å². The number of furan rings is 1. The SMILES string of the molecule is COc1ccc(C=C(NC(=O)c2ccc(Br)o2)C(=O)NCCCO)cc1. The Bertz CT molecular complexity index is 783. The van der Waals surface area contributed by atoms with Crippen LogP contribution in [0.1, 0.15) is 22.5 Å². The molecular weight excluding hydrogens is 404 g/mol. The van der Waals surface area contributed by atoms with Crippen molar-refractivity contribution in [3.05, 3.63) is 58.1 Å². The molecule has 1 aromatic carbocycles. The number of ether oxygens (including phenoxy) is 1. The minimum atomic E-state index is -0.548. The highest BCUT2D eigenvalue weighted by molar-refractivity contribution is 9.10. The lowest BCUT2D eigenvalue weighted by Gasteiger charge is -2.10. The van der Waals surface area contributed by atoms with E-state index in [1.165, 1.54) is 6.07 Å². The molecule has 8 heteroatoms. The molecule has 2 amide bonds. The number of rotatable bonds is 8. The average molecular weight is 423 g/mol. The molecule has 0 aliphatic heterocycles. The van der Waals surface area contributed by atoms with E-state index in [2.05, 4.69) is 26.6 Å². The number of hydrogen-bond donors (Lipinski definition) is 3. The molecule has 0 saturated carbocycles. The van der Waals surface area contributed by atoms with Crippen molar-refractivity contribution >= 4 is 33.8 Å². The molecule has 3 N–H and O–H groups in total. The number of aliphatic hydroxyl groups excluding tert-OH is 1. The predicted octanol–water partition coefficient (Wildman–Crippen LogP) is 2.32. The molecule has 0 aliphatic carbocycles. The number of methoxy groups -OCH3 is 1. The molecule has 0 atom stereocenters. The van der Waals surface area contributed by atoms with Crippen LogP contribution >= 0.6 is 15.9 Å². The first-order valence-corrected chi connectivity index (χ1v) is 8.64. The van der Waals surface area contributed by atoms with E-state index in [9.17, 15) is 9.59 Å². The second-order valence-electron chi connectivity index (χ2n) is 5.22. The Kier molecular flexibility index (Phi) is 7.43. The van der Waals surface area contributed by atoms with Crippen LogP contribution in [0, 0.1) is 0 Å². The van der Waals surface area contributed by atoms with Gasteiger partial charge in [0, 0.05) is 13.2 Å². The zero-order valence-corrected chi connectivity index (χ0v) is 15.7. The van der Waals surface area contributed by atoms with E-state index in [0.717, 1.165) is 0 Å². The van der Waals surface area contributed by atoms with Gasteiger partial charge in [-0.25, -0.2) is 0 Å². The van der Waals surface area contributed by atoms with Crippen molar-refractivity contribution in [1.82, 2.24) is 10.6 Å². The maximum atomic E-state index is 12.4. The monoisotopic (exact) mass is 422 g/mol. The van der Waals surface area contributed by atoms with Crippen LogP contribution in [0.25, 0.3) is 6.08 Å². The fourth-order valence-corrected chi connectivity index (χ4v) is 2.33. The number of nitrogens with one attached hydrogen (secondary N) is 2. The van der Waals surface area contributed by atoms with Crippen molar-refractivity contribution < 1.29 is 23.8 Å². The lowest BCUT2D eigenvalue weighted by molar-refractivity contribution is -0.117. The van der Waals surface area contributed by atoms with Gasteiger partial charge < -0.3 is 24.9 Å². The number of benzene rings is 1. The summed E-state index contributed by atoms with van der Waals surface area (Å²) < 4.78 is 10.7. The predicted molar refractivity (Wildman–Crippen MR) is 99.6 cm³/mol. The summed E-state index contributed by atoms with van der Waals surface area (Å²) in [5.41, 5.74) is 0.768. The van der Waals surface area contributed by atoms with Crippen LogP contribution < -0.4 is 15.4 Å². The Hall–Kier alpha value is -2.58. The third-order valence-electron chi connectivity index (χ3n) is 3.34. The number of aliphatic hydroxyl groups is 1. The standard InChI is InChI=1S/C18H19BrN2O5/c1-25-13-5-3-12(4-6-13)11-14(17(23)20-9-2-10-22)21-18(24)15-7-8-16(19)26-15/h3-8,11,22H,2,9-10H2,1H3,(H,20,23)(H,21,24). The molecule has 0 bridgehead atoms. The Morgan fingerprint density at radius 1 is 1.23 bits per heavy atom. The van der Waals surface area contributed by atoms with E-state index in [0.29, 0.717) is 22.4 Å². The van der Waals surface area contributed by atoms with Gasteiger partial charge in [-0.05, 0) is 58.3 Å². The minimum absolute atomic E-state index is 0.0371. The van der Waals surface area contributed by atoms with Crippen LogP contribution in [0.3, 0.4) is 0 Å². The molecule has 1 aromatic heterocycles. The summed E-state index contributed by atoms with van der Waals surface area (Å²) in [5, 5.41) is 14.0. The third kappa shape index (κ3) is 5.75. The van der Waals surface area contributed by atoms with E-state index in [1.807, 2.05) is 0 Å². The van der Waals surface area contributed by atoms with Gasteiger partial charge in [0.25, 0.3) is 11.8 Å². The highest BCUT2D eigenvalue weighted by Crippen LogP contribution is 2.16. The highest BCUT2D eigenvalue weighted by Gasteiger charge is 2.17. The number of amides is 2. The van der Waals surface area contributed by atoms with Gasteiger partial charge in [0.05, 0.1) is 7.11 Å². The minimum Gasteiger partial charge on any atom is -0.497 e. The Morgan fingerprint density at radius 2 is 1.96 bits per heavy atom. The van der Waals surface area contributed by atoms with Crippen molar-refractivity contribution in [3.63, 3.8) is 0 Å². The topological polar surface area (TPSA) is 101 Å². The first-order chi connectivity index (χ1) is 12.5. The van der Waals surface area contributed by atoms with Gasteiger partial charge >= 0.3 is 0 Å². The average Bonchev–Trinajstić information content (AvgIpc) is 3.08. The van der Waals surface area contributed by atoms with Crippen LogP contribution in [0.2, 0.25) is 0 Å². The maximum Gasteiger partial charge on any atom is 0.291 e. The summed E-state index contributed by atoms with van der Waals surface area (Å²) in [6.45, 7) is 0.252. The van der Waals surface area contributed by atoms with Gasteiger partial charge in [-0.3, -0.25) is 9.59 Å². The fraction of sp³-hybridized carbons (Fsp3) is 0.222. The van der Waals surface area contributed by atoms with Crippen LogP contribution in [-0.4, -0.2) is 37.2 Å². The Labute approximate surface area is 159 Å². The number of hydrogen-bond acceptors (Lipinski definition) is 5. The van der Waals surface area contributed by atoms with Crippen molar-refractivity contribution in [1.29, 1.82) is 0 Å². The normalized spacial score (nSPS) is 11.1. The van der Waals surface area contributed by atoms with E-state index in [1.54, 1.807) is 43.5 Å². The zero-order chi connectivity index (χ0) is 18.9. The molecule has 0 spiro atoms. The highest BCUT2D eigenvalue weighted by atomic mass is 79.9. The summed E-state index contributed by atoms with van der Waals surface area (Å²) in [4.78, 5) is 24.7. The van der Waals surface area contributed by atoms with Crippen molar-refractivity contribution in [2.75, 3.05) is 20.3 Å². The largest absolute Gasteiger partial charge is 0.497 e. The Morgan fingerprint density at radius 3 is 2.54 bits per heavy atom. The number of carbonyl (C=O) groups is 2. The molecule has 0 saturated heterocycles. The lowest BCUT2D eigenvalue weighted by atomic mass is 10.1. The maximum absolute atomic E-state index is 12.4. The first-order valence-electron chi connectivity index (χ1n) is 7.85. The number of halogens is 1. The summed E-state index contributed by atoms with van der Waals surface area (Å²) in [5.74, 6) is -0.262. The van der Waals surface area contributed by atoms with E-state index in [4.69, 9.17) is 14.3 Å². The van der Waals surface area contributed by atoms with E-state index >= 15 is 0 Å². The van der Waals surface area contributed by atoms with Gasteiger partial charge in [-0.15, -0.1) is 0 Å². The van der Waals surface area contributed by atoms with Gasteiger partial charge in [0.2, 0.25) is 0 Å². The first kappa shape index (κ1) is 19.7. The van der Waals surface area contributed by atoms with Gasteiger partial charge in [-0.2, -0.15) is 0 Å². The molecule has 0 radical (unpaired) electrons. The van der Waals surface area contributed by atoms with E-state index in [-0.39, 0.29) is 24.6 Å². The van der Waals surface area contributed by atoms with Crippen molar-refractivity contribution in [2.24, 2.45) is 0 Å². The van der Waals surface area contributed by atoms with Crippen LogP contribution in [0.5, 0.6) is 5.75 Å². The molecule has 2 aromatic rings. The smallest absolute Gasteiger partial charge is 0.291 e. The van der Waals surface area contributed by atoms with Crippen LogP contribution in [0.15, 0.2) is 51.2 Å². The summed E-state index contributed by atoms with van der Waals surface area (Å²) in [6.07, 6.45) is 1.96. The molecule has 7 nitrogen and oxygen atoms in total. The summed E-state index contributed by atoms with van der Waals surface area (Å²) >= 11 is 3.13. The fourth-order valence-electron chi connectivity index (χ4n) is 2.02. The quantitative estimate of drug-likeness (QED) is 0.447. The molecule has 138 valence electrons. The molecule has 0 fully saturated rings. The second kappa shape index (κ2) is 9.79. The summed E-state index contributed by atoms with van der Waals surface area (Å²) in [7, 11) is 1.56. The molecule has 26 heavy (non-hydrogen) atoms. The van der Waals surface area contributed by atoms with Gasteiger partial charge in [0.15, 0.2) is 10.4 Å². The molecule has 2 rings (SSSR count). The van der Waals surface area contributed by atoms with Crippen molar-refractivity contribution in [3.8, 4) is 5.75 Å². The molecule has 0 unspecified atom stereocenters. The lowest BCUT2D eigenvalue weighted by Crippen LogP contribution is -2.35. The molecule has 0 aliphatic rings. The zero-order valence-electron chi connectivity index (χ0n) is 14.1. The second-order valence-corrected chi connectivity index (χ2v) is 6.00. The number of carbonyl (C=O) groups excluding carboxylic acids is 2. The van der Waals surface area contributed by atoms with Gasteiger partial charge in [0.1, 0.15) is 11.4 Å². The molecule has 1 heterocycles. The van der Waals surface area contributed by atoms with Gasteiger partial charge in [-0.1, -0.05) is 12.1 Å². The Balaban J connectivity index is 2.20. The third-order valence-corrected chi connectivity index (χ3v) is 3.76.